The van der Waals surface area contributed by atoms with Crippen molar-refractivity contribution in [3.8, 4) is 0 Å². The molecule has 0 aromatic carbocycles. The first-order valence-corrected chi connectivity index (χ1v) is 12.2. The first-order valence-electron chi connectivity index (χ1n) is 12.2. The molecule has 0 heterocycles. The van der Waals surface area contributed by atoms with Crippen LogP contribution in [0, 0.1) is 11.3 Å². The summed E-state index contributed by atoms with van der Waals surface area (Å²) < 4.78 is 6.97. The summed E-state index contributed by atoms with van der Waals surface area (Å²) in [6.45, 7) is 17.5. The van der Waals surface area contributed by atoms with Crippen LogP contribution in [0.15, 0.2) is 0 Å². The van der Waals surface area contributed by atoms with Crippen molar-refractivity contribution in [3.63, 3.8) is 0 Å². The number of unbranched alkanes of at least 4 members (excludes halogenated alkanes) is 4. The van der Waals surface area contributed by atoms with E-state index < -0.39 is 0 Å². The average Bonchev–Trinajstić information content (AvgIpc) is 2.67. The van der Waals surface area contributed by atoms with Crippen LogP contribution in [0.2, 0.25) is 0 Å². The smallest absolute Gasteiger partial charge is 0.0738 e. The quantitative estimate of drug-likeness (QED) is 0.219. The minimum Gasteiger partial charge on any atom is -0.374 e. The van der Waals surface area contributed by atoms with Gasteiger partial charge in [-0.05, 0) is 38.0 Å². The van der Waals surface area contributed by atoms with Gasteiger partial charge < -0.3 is 4.74 Å². The SMILES string of the molecule is CCCCOC(CC)(CCCC)C(CCCC)(CCCC)C(CC)CC. The van der Waals surface area contributed by atoms with Gasteiger partial charge in [0.25, 0.3) is 0 Å². The van der Waals surface area contributed by atoms with E-state index >= 15 is 0 Å². The van der Waals surface area contributed by atoms with Crippen molar-refractivity contribution in [2.24, 2.45) is 11.3 Å². The van der Waals surface area contributed by atoms with Crippen molar-refractivity contribution < 1.29 is 4.74 Å². The molecule has 0 radical (unpaired) electrons. The normalized spacial score (nSPS) is 14.8. The standard InChI is InChI=1S/C25H52O/c1-8-15-19-24(20-16-9-2,23(12-5)13-6)25(14-7,21-17-10-3)26-22-18-11-4/h23H,8-22H2,1-7H3. The van der Waals surface area contributed by atoms with Gasteiger partial charge in [0.2, 0.25) is 0 Å². The molecule has 0 N–H and O–H groups in total. The highest BCUT2D eigenvalue weighted by atomic mass is 16.5. The van der Waals surface area contributed by atoms with Crippen molar-refractivity contribution in [2.45, 2.75) is 144 Å². The Morgan fingerprint density at radius 3 is 1.46 bits per heavy atom. The van der Waals surface area contributed by atoms with E-state index in [0.717, 1.165) is 12.5 Å². The summed E-state index contributed by atoms with van der Waals surface area (Å²) in [7, 11) is 0. The Kier molecular flexibility index (Phi) is 14.9. The van der Waals surface area contributed by atoms with E-state index in [1.165, 1.54) is 89.9 Å². The minimum absolute atomic E-state index is 0.0825. The van der Waals surface area contributed by atoms with Crippen molar-refractivity contribution in [1.82, 2.24) is 0 Å². The highest BCUT2D eigenvalue weighted by Gasteiger charge is 2.52. The zero-order valence-electron chi connectivity index (χ0n) is 19.6. The van der Waals surface area contributed by atoms with Crippen LogP contribution in [-0.4, -0.2) is 12.2 Å². The van der Waals surface area contributed by atoms with Crippen LogP contribution in [0.3, 0.4) is 0 Å². The fourth-order valence-corrected chi connectivity index (χ4v) is 5.39. The van der Waals surface area contributed by atoms with Gasteiger partial charge >= 0.3 is 0 Å². The van der Waals surface area contributed by atoms with Crippen LogP contribution in [0.25, 0.3) is 0 Å². The topological polar surface area (TPSA) is 9.23 Å². The third-order valence-corrected chi connectivity index (χ3v) is 7.01. The number of ether oxygens (including phenoxy) is 1. The summed E-state index contributed by atoms with van der Waals surface area (Å²) >= 11 is 0. The first kappa shape index (κ1) is 26.0. The molecular formula is C25H52O. The summed E-state index contributed by atoms with van der Waals surface area (Å²) in [6, 6.07) is 0. The maximum absolute atomic E-state index is 6.97. The molecule has 0 spiro atoms. The molecule has 26 heavy (non-hydrogen) atoms. The predicted octanol–water partition coefficient (Wildman–Crippen LogP) is 8.95. The van der Waals surface area contributed by atoms with Crippen LogP contribution in [0.4, 0.5) is 0 Å². The summed E-state index contributed by atoms with van der Waals surface area (Å²) in [4.78, 5) is 0. The number of hydrogen-bond acceptors (Lipinski definition) is 1. The van der Waals surface area contributed by atoms with Crippen LogP contribution < -0.4 is 0 Å². The predicted molar refractivity (Wildman–Crippen MR) is 119 cm³/mol. The zero-order valence-corrected chi connectivity index (χ0v) is 19.6. The van der Waals surface area contributed by atoms with E-state index in [0.29, 0.717) is 5.41 Å². The average molecular weight is 369 g/mol. The first-order chi connectivity index (χ1) is 12.6. The summed E-state index contributed by atoms with van der Waals surface area (Å²) in [6.07, 6.45) is 18.1. The molecule has 0 saturated carbocycles. The lowest BCUT2D eigenvalue weighted by molar-refractivity contribution is -0.178. The highest BCUT2D eigenvalue weighted by molar-refractivity contribution is 5.03. The second kappa shape index (κ2) is 14.9. The van der Waals surface area contributed by atoms with Gasteiger partial charge in [-0.3, -0.25) is 0 Å². The molecule has 1 heteroatoms. The van der Waals surface area contributed by atoms with Gasteiger partial charge in [0.1, 0.15) is 0 Å². The van der Waals surface area contributed by atoms with Gasteiger partial charge in [-0.2, -0.15) is 0 Å². The van der Waals surface area contributed by atoms with Crippen molar-refractivity contribution in [1.29, 1.82) is 0 Å². The Hall–Kier alpha value is -0.0400. The molecule has 0 fully saturated rings. The van der Waals surface area contributed by atoms with Gasteiger partial charge in [0.15, 0.2) is 0 Å². The molecule has 0 bridgehead atoms. The van der Waals surface area contributed by atoms with Gasteiger partial charge in [0, 0.05) is 12.0 Å². The van der Waals surface area contributed by atoms with Crippen LogP contribution in [-0.2, 0) is 4.74 Å². The molecular weight excluding hydrogens is 316 g/mol. The van der Waals surface area contributed by atoms with E-state index in [2.05, 4.69) is 48.5 Å². The Morgan fingerprint density at radius 2 is 1.08 bits per heavy atom. The number of rotatable bonds is 18. The van der Waals surface area contributed by atoms with E-state index in [4.69, 9.17) is 4.74 Å². The highest BCUT2D eigenvalue weighted by Crippen LogP contribution is 2.55. The van der Waals surface area contributed by atoms with Crippen molar-refractivity contribution in [3.05, 3.63) is 0 Å². The molecule has 0 saturated heterocycles. The van der Waals surface area contributed by atoms with E-state index in [1.807, 2.05) is 0 Å². The molecule has 1 atom stereocenters. The van der Waals surface area contributed by atoms with Gasteiger partial charge in [-0.1, -0.05) is 106 Å². The van der Waals surface area contributed by atoms with Gasteiger partial charge in [0.05, 0.1) is 5.60 Å². The third kappa shape index (κ3) is 6.84. The molecule has 0 amide bonds. The molecule has 1 unspecified atom stereocenters. The minimum atomic E-state index is 0.0825. The molecule has 0 aliphatic heterocycles. The van der Waals surface area contributed by atoms with E-state index in [1.54, 1.807) is 0 Å². The zero-order chi connectivity index (χ0) is 19.9. The molecule has 1 nitrogen and oxygen atoms in total. The molecule has 0 aliphatic rings. The fraction of sp³-hybridized carbons (Fsp3) is 1.00. The van der Waals surface area contributed by atoms with Gasteiger partial charge in [-0.25, -0.2) is 0 Å². The van der Waals surface area contributed by atoms with Crippen molar-refractivity contribution in [2.75, 3.05) is 6.61 Å². The Morgan fingerprint density at radius 1 is 0.615 bits per heavy atom. The van der Waals surface area contributed by atoms with Crippen LogP contribution in [0.5, 0.6) is 0 Å². The second-order valence-electron chi connectivity index (χ2n) is 8.53. The van der Waals surface area contributed by atoms with Crippen molar-refractivity contribution >= 4 is 0 Å². The van der Waals surface area contributed by atoms with E-state index in [-0.39, 0.29) is 5.60 Å². The maximum atomic E-state index is 6.97. The van der Waals surface area contributed by atoms with Gasteiger partial charge in [-0.15, -0.1) is 0 Å². The Balaban J connectivity index is 6.09. The Labute approximate surface area is 167 Å². The fourth-order valence-electron chi connectivity index (χ4n) is 5.39. The lowest BCUT2D eigenvalue weighted by atomic mass is 9.55. The second-order valence-corrected chi connectivity index (χ2v) is 8.53. The summed E-state index contributed by atoms with van der Waals surface area (Å²) in [5.41, 5.74) is 0.444. The molecule has 158 valence electrons. The number of hydrogen-bond donors (Lipinski definition) is 0. The lowest BCUT2D eigenvalue weighted by Gasteiger charge is -2.55. The lowest BCUT2D eigenvalue weighted by Crippen LogP contribution is -2.54. The van der Waals surface area contributed by atoms with Crippen LogP contribution >= 0.6 is 0 Å². The Bertz CT molecular complexity index is 299. The summed E-state index contributed by atoms with van der Waals surface area (Å²) in [5, 5.41) is 0. The largest absolute Gasteiger partial charge is 0.374 e. The molecule has 0 aliphatic carbocycles. The van der Waals surface area contributed by atoms with E-state index in [9.17, 15) is 0 Å². The maximum Gasteiger partial charge on any atom is 0.0738 e. The molecule has 0 aromatic heterocycles. The monoisotopic (exact) mass is 368 g/mol. The summed E-state index contributed by atoms with van der Waals surface area (Å²) in [5.74, 6) is 0.791. The molecule has 0 aromatic rings. The van der Waals surface area contributed by atoms with Crippen LogP contribution in [0.1, 0.15) is 138 Å². The molecule has 0 rings (SSSR count). The third-order valence-electron chi connectivity index (χ3n) is 7.01.